The minimum Gasteiger partial charge on any atom is -0.486 e. The summed E-state index contributed by atoms with van der Waals surface area (Å²) in [6.07, 6.45) is 5.81. The first kappa shape index (κ1) is 11.6. The SMILES string of the molecule is c1ccc2c(c1)OCC(CNC(C1CC1)C1CC1)O2. The largest absolute Gasteiger partial charge is 0.486 e. The second kappa shape index (κ2) is 4.71. The second-order valence-corrected chi connectivity index (χ2v) is 6.11. The number of hydrogen-bond acceptors (Lipinski definition) is 3. The number of nitrogens with one attached hydrogen (secondary N) is 1. The summed E-state index contributed by atoms with van der Waals surface area (Å²) in [5.41, 5.74) is 0. The summed E-state index contributed by atoms with van der Waals surface area (Å²) in [5.74, 6) is 3.63. The summed E-state index contributed by atoms with van der Waals surface area (Å²) in [6, 6.07) is 8.67. The third-order valence-corrected chi connectivity index (χ3v) is 4.41. The molecule has 1 aromatic rings. The average molecular weight is 259 g/mol. The standard InChI is InChI=1S/C16H21NO2/c1-2-4-15-14(3-1)18-10-13(19-15)9-17-16(11-5-6-11)12-7-8-12/h1-4,11-13,16-17H,5-10H2. The molecule has 2 saturated carbocycles. The summed E-state index contributed by atoms with van der Waals surface area (Å²) in [5, 5.41) is 3.74. The number of hydrogen-bond donors (Lipinski definition) is 1. The van der Waals surface area contributed by atoms with Gasteiger partial charge >= 0.3 is 0 Å². The monoisotopic (exact) mass is 259 g/mol. The van der Waals surface area contributed by atoms with E-state index in [4.69, 9.17) is 9.47 Å². The zero-order valence-electron chi connectivity index (χ0n) is 11.2. The van der Waals surface area contributed by atoms with Gasteiger partial charge in [0.1, 0.15) is 12.7 Å². The van der Waals surface area contributed by atoms with Gasteiger partial charge in [-0.2, -0.15) is 0 Å². The molecule has 19 heavy (non-hydrogen) atoms. The van der Waals surface area contributed by atoms with Crippen molar-refractivity contribution in [3.8, 4) is 11.5 Å². The molecule has 3 aliphatic rings. The molecule has 2 fully saturated rings. The van der Waals surface area contributed by atoms with Crippen molar-refractivity contribution in [3.05, 3.63) is 24.3 Å². The van der Waals surface area contributed by atoms with Crippen molar-refractivity contribution in [2.45, 2.75) is 37.8 Å². The van der Waals surface area contributed by atoms with Gasteiger partial charge in [-0.1, -0.05) is 12.1 Å². The molecule has 0 saturated heterocycles. The number of rotatable bonds is 5. The van der Waals surface area contributed by atoms with E-state index in [2.05, 4.69) is 5.32 Å². The normalized spacial score (nSPS) is 25.6. The number of para-hydroxylation sites is 2. The van der Waals surface area contributed by atoms with Gasteiger partial charge in [-0.25, -0.2) is 0 Å². The lowest BCUT2D eigenvalue weighted by Gasteiger charge is -2.28. The Morgan fingerprint density at radius 3 is 2.42 bits per heavy atom. The van der Waals surface area contributed by atoms with Crippen LogP contribution in [0.15, 0.2) is 24.3 Å². The van der Waals surface area contributed by atoms with Gasteiger partial charge in [-0.3, -0.25) is 0 Å². The summed E-state index contributed by atoms with van der Waals surface area (Å²) in [7, 11) is 0. The van der Waals surface area contributed by atoms with Crippen LogP contribution in [0.4, 0.5) is 0 Å². The van der Waals surface area contributed by atoms with E-state index in [1.165, 1.54) is 25.7 Å². The highest BCUT2D eigenvalue weighted by Gasteiger charge is 2.41. The Morgan fingerprint density at radius 2 is 1.74 bits per heavy atom. The van der Waals surface area contributed by atoms with Gasteiger partial charge in [0.15, 0.2) is 11.5 Å². The van der Waals surface area contributed by atoms with Crippen molar-refractivity contribution >= 4 is 0 Å². The Labute approximate surface area is 114 Å². The maximum absolute atomic E-state index is 6.00. The number of ether oxygens (including phenoxy) is 2. The molecular weight excluding hydrogens is 238 g/mol. The van der Waals surface area contributed by atoms with Crippen molar-refractivity contribution in [2.24, 2.45) is 11.8 Å². The predicted molar refractivity (Wildman–Crippen MR) is 73.6 cm³/mol. The van der Waals surface area contributed by atoms with Gasteiger partial charge in [0.05, 0.1) is 0 Å². The first-order valence-corrected chi connectivity index (χ1v) is 7.52. The van der Waals surface area contributed by atoms with Gasteiger partial charge < -0.3 is 14.8 Å². The lowest BCUT2D eigenvalue weighted by molar-refractivity contribution is 0.0867. The van der Waals surface area contributed by atoms with Crippen LogP contribution in [0, 0.1) is 11.8 Å². The zero-order valence-corrected chi connectivity index (χ0v) is 11.2. The van der Waals surface area contributed by atoms with E-state index >= 15 is 0 Å². The molecule has 0 radical (unpaired) electrons. The highest BCUT2D eigenvalue weighted by atomic mass is 16.6. The molecule has 0 bridgehead atoms. The fourth-order valence-corrected chi connectivity index (χ4v) is 3.06. The van der Waals surface area contributed by atoms with Crippen LogP contribution in [-0.4, -0.2) is 25.3 Å². The Kier molecular flexibility index (Phi) is 2.87. The minimum absolute atomic E-state index is 0.148. The summed E-state index contributed by atoms with van der Waals surface area (Å²) < 4.78 is 11.8. The van der Waals surface area contributed by atoms with Gasteiger partial charge in [0.25, 0.3) is 0 Å². The van der Waals surface area contributed by atoms with Crippen LogP contribution < -0.4 is 14.8 Å². The van der Waals surface area contributed by atoms with Gasteiger partial charge in [0, 0.05) is 12.6 Å². The molecule has 0 amide bonds. The van der Waals surface area contributed by atoms with Crippen LogP contribution in [0.5, 0.6) is 11.5 Å². The van der Waals surface area contributed by atoms with E-state index in [1.807, 2.05) is 24.3 Å². The van der Waals surface area contributed by atoms with E-state index in [0.717, 1.165) is 35.9 Å². The highest BCUT2D eigenvalue weighted by Crippen LogP contribution is 2.44. The van der Waals surface area contributed by atoms with E-state index < -0.39 is 0 Å². The third-order valence-electron chi connectivity index (χ3n) is 4.41. The summed E-state index contributed by atoms with van der Waals surface area (Å²) in [4.78, 5) is 0. The lowest BCUT2D eigenvalue weighted by atomic mass is 10.1. The Hall–Kier alpha value is -1.22. The molecular formula is C16H21NO2. The molecule has 3 heteroatoms. The molecule has 2 aliphatic carbocycles. The van der Waals surface area contributed by atoms with Gasteiger partial charge in [0.2, 0.25) is 0 Å². The smallest absolute Gasteiger partial charge is 0.161 e. The fraction of sp³-hybridized carbons (Fsp3) is 0.625. The van der Waals surface area contributed by atoms with Gasteiger partial charge in [-0.05, 0) is 49.7 Å². The van der Waals surface area contributed by atoms with Gasteiger partial charge in [-0.15, -0.1) is 0 Å². The summed E-state index contributed by atoms with van der Waals surface area (Å²) >= 11 is 0. The van der Waals surface area contributed by atoms with E-state index in [9.17, 15) is 0 Å². The lowest BCUT2D eigenvalue weighted by Crippen LogP contribution is -2.44. The van der Waals surface area contributed by atoms with Crippen LogP contribution in [0.1, 0.15) is 25.7 Å². The minimum atomic E-state index is 0.148. The molecule has 1 unspecified atom stereocenters. The van der Waals surface area contributed by atoms with E-state index in [-0.39, 0.29) is 6.10 Å². The highest BCUT2D eigenvalue weighted by molar-refractivity contribution is 5.40. The molecule has 1 aromatic carbocycles. The molecule has 1 N–H and O–H groups in total. The topological polar surface area (TPSA) is 30.5 Å². The molecule has 4 rings (SSSR count). The second-order valence-electron chi connectivity index (χ2n) is 6.11. The maximum Gasteiger partial charge on any atom is 0.161 e. The number of benzene rings is 1. The van der Waals surface area contributed by atoms with Crippen molar-refractivity contribution in [1.29, 1.82) is 0 Å². The third kappa shape index (κ3) is 2.57. The molecule has 102 valence electrons. The van der Waals surface area contributed by atoms with E-state index in [1.54, 1.807) is 0 Å². The maximum atomic E-state index is 6.00. The predicted octanol–water partition coefficient (Wildman–Crippen LogP) is 2.60. The van der Waals surface area contributed by atoms with Crippen LogP contribution in [0.3, 0.4) is 0 Å². The zero-order chi connectivity index (χ0) is 12.7. The van der Waals surface area contributed by atoms with Crippen molar-refractivity contribution < 1.29 is 9.47 Å². The first-order valence-electron chi connectivity index (χ1n) is 7.52. The Morgan fingerprint density at radius 1 is 1.05 bits per heavy atom. The fourth-order valence-electron chi connectivity index (χ4n) is 3.06. The molecule has 1 aliphatic heterocycles. The van der Waals surface area contributed by atoms with E-state index in [0.29, 0.717) is 6.61 Å². The molecule has 1 heterocycles. The van der Waals surface area contributed by atoms with Crippen molar-refractivity contribution in [2.75, 3.05) is 13.2 Å². The number of fused-ring (bicyclic) bond motifs is 1. The Bertz CT molecular complexity index is 442. The molecule has 0 spiro atoms. The Balaban J connectivity index is 1.34. The quantitative estimate of drug-likeness (QED) is 0.881. The average Bonchev–Trinajstić information content (AvgIpc) is 3.32. The molecule has 0 aromatic heterocycles. The summed E-state index contributed by atoms with van der Waals surface area (Å²) in [6.45, 7) is 1.57. The first-order chi connectivity index (χ1) is 9.40. The molecule has 3 nitrogen and oxygen atoms in total. The molecule has 1 atom stereocenters. The van der Waals surface area contributed by atoms with Crippen molar-refractivity contribution in [3.63, 3.8) is 0 Å². The van der Waals surface area contributed by atoms with Crippen molar-refractivity contribution in [1.82, 2.24) is 5.32 Å². The van der Waals surface area contributed by atoms with Crippen LogP contribution in [0.25, 0.3) is 0 Å². The van der Waals surface area contributed by atoms with Crippen LogP contribution in [0.2, 0.25) is 0 Å². The van der Waals surface area contributed by atoms with Crippen LogP contribution >= 0.6 is 0 Å². The van der Waals surface area contributed by atoms with Crippen LogP contribution in [-0.2, 0) is 0 Å².